The first kappa shape index (κ1) is 22.6. The zero-order chi connectivity index (χ0) is 21.0. The van der Waals surface area contributed by atoms with Gasteiger partial charge in [0.1, 0.15) is 11.6 Å². The fraction of sp³-hybridized carbons (Fsp3) is 0.760. The maximum Gasteiger partial charge on any atom is 0.278 e. The Morgan fingerprint density at radius 1 is 0.828 bits per heavy atom. The largest absolute Gasteiger partial charge is 0.278 e. The third-order valence-electron chi connectivity index (χ3n) is 7.65. The summed E-state index contributed by atoms with van der Waals surface area (Å²) in [4.78, 5) is 0. The normalized spacial score (nSPS) is 28.5. The maximum absolute atomic E-state index is 14.5. The predicted molar refractivity (Wildman–Crippen MR) is 110 cm³/mol. The Labute approximate surface area is 173 Å². The Balaban J connectivity index is 1.62. The minimum absolute atomic E-state index is 0.0838. The molecule has 0 spiro atoms. The minimum Gasteiger partial charge on any atom is -0.206 e. The second kappa shape index (κ2) is 9.83. The van der Waals surface area contributed by atoms with E-state index in [2.05, 4.69) is 6.92 Å². The smallest absolute Gasteiger partial charge is 0.206 e. The van der Waals surface area contributed by atoms with E-state index in [0.717, 1.165) is 43.4 Å². The highest BCUT2D eigenvalue weighted by Gasteiger charge is 2.38. The molecule has 164 valence electrons. The summed E-state index contributed by atoms with van der Waals surface area (Å²) in [6.45, 7) is 4.07. The average molecular weight is 413 g/mol. The molecule has 0 nitrogen and oxygen atoms in total. The van der Waals surface area contributed by atoms with Crippen molar-refractivity contribution in [3.63, 3.8) is 0 Å². The van der Waals surface area contributed by atoms with E-state index in [9.17, 15) is 17.6 Å². The van der Waals surface area contributed by atoms with Crippen LogP contribution in [-0.4, -0.2) is 0 Å². The van der Waals surface area contributed by atoms with Crippen molar-refractivity contribution in [1.82, 2.24) is 0 Å². The molecule has 2 aliphatic carbocycles. The van der Waals surface area contributed by atoms with Gasteiger partial charge in [-0.05, 0) is 86.3 Å². The molecule has 2 saturated carbocycles. The number of benzene rings is 1. The molecule has 4 heteroatoms. The molecule has 0 amide bonds. The van der Waals surface area contributed by atoms with Crippen molar-refractivity contribution in [3.8, 4) is 0 Å². The summed E-state index contributed by atoms with van der Waals surface area (Å²) < 4.78 is 57.6. The summed E-state index contributed by atoms with van der Waals surface area (Å²) in [5.41, 5.74) is -0.487. The number of unbranched alkanes of at least 4 members (excludes halogenated alkanes) is 1. The van der Waals surface area contributed by atoms with E-state index in [1.54, 1.807) is 6.92 Å². The first-order chi connectivity index (χ1) is 13.9. The van der Waals surface area contributed by atoms with Gasteiger partial charge in [0.15, 0.2) is 0 Å². The molecule has 0 saturated heterocycles. The van der Waals surface area contributed by atoms with E-state index >= 15 is 0 Å². The molecule has 1 aromatic rings. The molecule has 3 rings (SSSR count). The average Bonchev–Trinajstić information content (AvgIpc) is 2.72. The third kappa shape index (κ3) is 5.35. The highest BCUT2D eigenvalue weighted by molar-refractivity contribution is 5.32. The van der Waals surface area contributed by atoms with Crippen molar-refractivity contribution in [2.75, 3.05) is 0 Å². The van der Waals surface area contributed by atoms with Crippen LogP contribution in [0.1, 0.15) is 108 Å². The molecular weight excluding hydrogens is 376 g/mol. The highest BCUT2D eigenvalue weighted by Crippen LogP contribution is 2.45. The minimum atomic E-state index is -3.45. The van der Waals surface area contributed by atoms with Crippen LogP contribution in [-0.2, 0) is 5.92 Å². The molecule has 0 aliphatic heterocycles. The van der Waals surface area contributed by atoms with Crippen LogP contribution in [0, 0.1) is 29.4 Å². The lowest BCUT2D eigenvalue weighted by Gasteiger charge is -2.38. The van der Waals surface area contributed by atoms with Crippen LogP contribution in [0.4, 0.5) is 17.6 Å². The summed E-state index contributed by atoms with van der Waals surface area (Å²) >= 11 is 0. The molecule has 0 heterocycles. The van der Waals surface area contributed by atoms with E-state index < -0.39 is 29.5 Å². The second-order valence-electron chi connectivity index (χ2n) is 9.47. The van der Waals surface area contributed by atoms with Crippen molar-refractivity contribution in [3.05, 3.63) is 34.9 Å². The number of alkyl halides is 2. The SMILES string of the molecule is CCCCC(F)(F)c1c(F)cc(C2CCC([C@H]3CC[C@H](CC)CC3)CC2)cc1F. The fourth-order valence-electron chi connectivity index (χ4n) is 5.69. The van der Waals surface area contributed by atoms with Gasteiger partial charge in [-0.15, -0.1) is 0 Å². The highest BCUT2D eigenvalue weighted by atomic mass is 19.3. The van der Waals surface area contributed by atoms with Gasteiger partial charge in [0, 0.05) is 6.42 Å². The summed E-state index contributed by atoms with van der Waals surface area (Å²) in [6, 6.07) is 2.35. The summed E-state index contributed by atoms with van der Waals surface area (Å²) in [5, 5.41) is 0. The molecule has 0 radical (unpaired) electrons. The van der Waals surface area contributed by atoms with Crippen molar-refractivity contribution in [1.29, 1.82) is 0 Å². The lowest BCUT2D eigenvalue weighted by molar-refractivity contribution is -0.0222. The first-order valence-corrected chi connectivity index (χ1v) is 11.7. The van der Waals surface area contributed by atoms with Gasteiger partial charge in [0.2, 0.25) is 0 Å². The van der Waals surface area contributed by atoms with Gasteiger partial charge in [0.05, 0.1) is 5.56 Å². The van der Waals surface area contributed by atoms with Gasteiger partial charge in [-0.3, -0.25) is 0 Å². The molecule has 0 aromatic heterocycles. The van der Waals surface area contributed by atoms with E-state index in [-0.39, 0.29) is 12.3 Å². The molecule has 0 N–H and O–H groups in total. The first-order valence-electron chi connectivity index (χ1n) is 11.7. The van der Waals surface area contributed by atoms with E-state index in [0.29, 0.717) is 12.0 Å². The summed E-state index contributed by atoms with van der Waals surface area (Å²) in [6.07, 6.45) is 10.9. The van der Waals surface area contributed by atoms with Crippen molar-refractivity contribution < 1.29 is 17.6 Å². The van der Waals surface area contributed by atoms with E-state index in [1.807, 2.05) is 0 Å². The van der Waals surface area contributed by atoms with E-state index in [4.69, 9.17) is 0 Å². The number of halogens is 4. The molecule has 1 aromatic carbocycles. The summed E-state index contributed by atoms with van der Waals surface area (Å²) in [5.74, 6) is -3.12. The van der Waals surface area contributed by atoms with Gasteiger partial charge >= 0.3 is 0 Å². The quantitative estimate of drug-likeness (QED) is 0.393. The zero-order valence-corrected chi connectivity index (χ0v) is 18.0. The van der Waals surface area contributed by atoms with E-state index in [1.165, 1.54) is 44.2 Å². The number of rotatable bonds is 7. The van der Waals surface area contributed by atoms with Crippen LogP contribution in [0.2, 0.25) is 0 Å². The maximum atomic E-state index is 14.5. The van der Waals surface area contributed by atoms with Crippen LogP contribution in [0.5, 0.6) is 0 Å². The van der Waals surface area contributed by atoms with Gasteiger partial charge in [-0.25, -0.2) is 17.6 Å². The van der Waals surface area contributed by atoms with Crippen molar-refractivity contribution in [2.45, 2.75) is 103 Å². The van der Waals surface area contributed by atoms with Crippen molar-refractivity contribution >= 4 is 0 Å². The van der Waals surface area contributed by atoms with Gasteiger partial charge < -0.3 is 0 Å². The zero-order valence-electron chi connectivity index (χ0n) is 18.0. The lowest BCUT2D eigenvalue weighted by atomic mass is 9.68. The Bertz CT molecular complexity index is 630. The van der Waals surface area contributed by atoms with Crippen molar-refractivity contribution in [2.24, 2.45) is 17.8 Å². The number of hydrogen-bond donors (Lipinski definition) is 0. The predicted octanol–water partition coefficient (Wildman–Crippen LogP) is 8.74. The Morgan fingerprint density at radius 2 is 1.34 bits per heavy atom. The number of hydrogen-bond acceptors (Lipinski definition) is 0. The molecule has 0 unspecified atom stereocenters. The Kier molecular flexibility index (Phi) is 7.67. The summed E-state index contributed by atoms with van der Waals surface area (Å²) in [7, 11) is 0. The molecule has 0 atom stereocenters. The molecule has 29 heavy (non-hydrogen) atoms. The molecule has 0 bridgehead atoms. The van der Waals surface area contributed by atoms with Crippen LogP contribution in [0.25, 0.3) is 0 Å². The molecule has 2 aliphatic rings. The third-order valence-corrected chi connectivity index (χ3v) is 7.65. The van der Waals surface area contributed by atoms with Crippen LogP contribution in [0.3, 0.4) is 0 Å². The monoisotopic (exact) mass is 412 g/mol. The Hall–Kier alpha value is -1.06. The van der Waals surface area contributed by atoms with Crippen LogP contribution < -0.4 is 0 Å². The van der Waals surface area contributed by atoms with Gasteiger partial charge in [-0.2, -0.15) is 0 Å². The molecular formula is C25H36F4. The van der Waals surface area contributed by atoms with Gasteiger partial charge in [-0.1, -0.05) is 39.5 Å². The fourth-order valence-corrected chi connectivity index (χ4v) is 5.69. The van der Waals surface area contributed by atoms with Crippen LogP contribution >= 0.6 is 0 Å². The van der Waals surface area contributed by atoms with Gasteiger partial charge in [0.25, 0.3) is 5.92 Å². The van der Waals surface area contributed by atoms with Crippen LogP contribution in [0.15, 0.2) is 12.1 Å². The lowest BCUT2D eigenvalue weighted by Crippen LogP contribution is -2.25. The standard InChI is InChI=1S/C25H36F4/c1-3-5-14-25(28,29)24-22(26)15-21(16-23(24)27)20-12-10-19(11-13-20)18-8-6-17(4-2)7-9-18/h15-20H,3-14H2,1-2H3/t17-,18-,19?,20?. The topological polar surface area (TPSA) is 0 Å². The second-order valence-corrected chi connectivity index (χ2v) is 9.47. The Morgan fingerprint density at radius 3 is 1.83 bits per heavy atom. The molecule has 2 fully saturated rings.